The maximum absolute atomic E-state index is 11.7. The molecule has 126 valence electrons. The first-order valence-electron chi connectivity index (χ1n) is 6.36. The number of hydrazine groups is 1. The minimum atomic E-state index is -4.07. The van der Waals surface area contributed by atoms with Crippen LogP contribution in [-0.4, -0.2) is 19.2 Å². The summed E-state index contributed by atoms with van der Waals surface area (Å²) in [5, 5.41) is 17.8. The van der Waals surface area contributed by atoms with E-state index in [9.17, 15) is 23.3 Å². The predicted octanol–water partition coefficient (Wildman–Crippen LogP) is 1.46. The molecule has 1 aromatic carbocycles. The molecular weight excluding hydrogens is 356 g/mol. The number of nitrogens with one attached hydrogen (secondary N) is 2. The van der Waals surface area contributed by atoms with Crippen molar-refractivity contribution in [3.63, 3.8) is 0 Å². The number of carbonyl (C=O) groups is 1. The van der Waals surface area contributed by atoms with Gasteiger partial charge in [0.2, 0.25) is 10.0 Å². The van der Waals surface area contributed by atoms with Crippen LogP contribution in [0, 0.1) is 10.1 Å². The fourth-order valence-corrected chi connectivity index (χ4v) is 2.81. The molecule has 0 spiro atoms. The first kappa shape index (κ1) is 17.6. The number of nitrogens with two attached hydrogens (primary N) is 1. The first-order chi connectivity index (χ1) is 11.3. The van der Waals surface area contributed by atoms with Gasteiger partial charge in [-0.3, -0.25) is 25.8 Å². The third kappa shape index (κ3) is 4.62. The molecule has 0 fully saturated rings. The number of nitro groups is 1. The third-order valence-electron chi connectivity index (χ3n) is 2.76. The van der Waals surface area contributed by atoms with Crippen LogP contribution in [-0.2, 0) is 14.8 Å². The number of carbonyl (C=O) groups excluding carboxylic acids is 1. The molecule has 0 aliphatic carbocycles. The number of amides is 1. The molecule has 2 aromatic rings. The largest absolute Gasteiger partial charge is 0.295 e. The number of nitrogens with zero attached hydrogens (tertiary/aromatic N) is 1. The lowest BCUT2D eigenvalue weighted by atomic mass is 10.3. The van der Waals surface area contributed by atoms with Crippen LogP contribution in [0.3, 0.4) is 0 Å². The van der Waals surface area contributed by atoms with Gasteiger partial charge in [0, 0.05) is 17.0 Å². The lowest BCUT2D eigenvalue weighted by molar-refractivity contribution is -0.384. The van der Waals surface area contributed by atoms with E-state index >= 15 is 0 Å². The van der Waals surface area contributed by atoms with E-state index in [1.54, 1.807) is 6.08 Å². The maximum Gasteiger partial charge on any atom is 0.295 e. The highest BCUT2D eigenvalue weighted by atomic mass is 32.2. The summed E-state index contributed by atoms with van der Waals surface area (Å²) >= 11 is 1.44. The molecule has 1 heterocycles. The Kier molecular flexibility index (Phi) is 5.28. The molecule has 0 aliphatic rings. The zero-order chi connectivity index (χ0) is 17.7. The van der Waals surface area contributed by atoms with E-state index in [0.717, 1.165) is 23.1 Å². The molecule has 0 aliphatic heterocycles. The zero-order valence-electron chi connectivity index (χ0n) is 12.0. The average Bonchev–Trinajstić information content (AvgIpc) is 3.03. The number of benzene rings is 1. The van der Waals surface area contributed by atoms with E-state index in [1.807, 2.05) is 17.5 Å². The van der Waals surface area contributed by atoms with E-state index in [1.165, 1.54) is 17.4 Å². The summed E-state index contributed by atoms with van der Waals surface area (Å²) in [7, 11) is -4.07. The van der Waals surface area contributed by atoms with Crippen LogP contribution in [0.2, 0.25) is 0 Å². The van der Waals surface area contributed by atoms with Crippen LogP contribution in [0.15, 0.2) is 46.7 Å². The van der Waals surface area contributed by atoms with Crippen molar-refractivity contribution in [3.8, 4) is 0 Å². The second kappa shape index (κ2) is 7.21. The van der Waals surface area contributed by atoms with Crippen molar-refractivity contribution in [1.29, 1.82) is 0 Å². The van der Waals surface area contributed by atoms with Gasteiger partial charge in [0.25, 0.3) is 11.6 Å². The minimum Gasteiger partial charge on any atom is -0.292 e. The first-order valence-corrected chi connectivity index (χ1v) is 8.79. The van der Waals surface area contributed by atoms with Gasteiger partial charge in [0.05, 0.1) is 9.82 Å². The van der Waals surface area contributed by atoms with Crippen LogP contribution < -0.4 is 16.0 Å². The highest BCUT2D eigenvalue weighted by Crippen LogP contribution is 2.26. The molecule has 0 saturated heterocycles. The molecule has 9 nitrogen and oxygen atoms in total. The number of hydrogen-bond donors (Lipinski definition) is 3. The fraction of sp³-hybridized carbons (Fsp3) is 0. The summed E-state index contributed by atoms with van der Waals surface area (Å²) in [4.78, 5) is 22.4. The van der Waals surface area contributed by atoms with E-state index in [2.05, 4.69) is 10.9 Å². The number of rotatable bonds is 6. The monoisotopic (exact) mass is 368 g/mol. The molecule has 11 heteroatoms. The van der Waals surface area contributed by atoms with E-state index in [4.69, 9.17) is 5.14 Å². The van der Waals surface area contributed by atoms with Crippen molar-refractivity contribution in [1.82, 2.24) is 5.43 Å². The van der Waals surface area contributed by atoms with Crippen LogP contribution in [0.4, 0.5) is 11.4 Å². The third-order valence-corrected chi connectivity index (χ3v) is 4.51. The summed E-state index contributed by atoms with van der Waals surface area (Å²) in [5.74, 6) is -0.534. The average molecular weight is 368 g/mol. The zero-order valence-corrected chi connectivity index (χ0v) is 13.6. The molecule has 24 heavy (non-hydrogen) atoms. The van der Waals surface area contributed by atoms with Gasteiger partial charge in [0.1, 0.15) is 5.69 Å². The Bertz CT molecular complexity index is 891. The van der Waals surface area contributed by atoms with Crippen molar-refractivity contribution in [3.05, 3.63) is 56.8 Å². The van der Waals surface area contributed by atoms with Gasteiger partial charge in [0.15, 0.2) is 0 Å². The highest BCUT2D eigenvalue weighted by Gasteiger charge is 2.19. The molecule has 0 atom stereocenters. The molecule has 1 aromatic heterocycles. The summed E-state index contributed by atoms with van der Waals surface area (Å²) in [5.41, 5.74) is 4.02. The quantitative estimate of drug-likeness (QED) is 0.400. The fourth-order valence-electron chi connectivity index (χ4n) is 1.66. The van der Waals surface area contributed by atoms with E-state index in [0.29, 0.717) is 0 Å². The summed E-state index contributed by atoms with van der Waals surface area (Å²) in [6, 6.07) is 6.69. The van der Waals surface area contributed by atoms with Gasteiger partial charge in [-0.15, -0.1) is 11.3 Å². The summed E-state index contributed by atoms with van der Waals surface area (Å²) in [6.07, 6.45) is 2.84. The molecule has 0 bridgehead atoms. The lowest BCUT2D eigenvalue weighted by Gasteiger charge is -2.08. The van der Waals surface area contributed by atoms with E-state index in [-0.39, 0.29) is 5.69 Å². The Hall–Kier alpha value is -2.76. The standard InChI is InChI=1S/C13H12N4O5S2/c14-24(21,22)10-4-5-11(12(8-10)17(19)20)15-16-13(18)6-3-9-2-1-7-23-9/h1-8,15H,(H,16,18)(H2,14,21,22). The molecule has 0 unspecified atom stereocenters. The van der Waals surface area contributed by atoms with Crippen LogP contribution in [0.25, 0.3) is 6.08 Å². The van der Waals surface area contributed by atoms with Gasteiger partial charge in [-0.25, -0.2) is 13.6 Å². The van der Waals surface area contributed by atoms with Gasteiger partial charge >= 0.3 is 0 Å². The second-order valence-corrected chi connectivity index (χ2v) is 6.98. The van der Waals surface area contributed by atoms with Gasteiger partial charge in [-0.05, 0) is 29.7 Å². The second-order valence-electron chi connectivity index (χ2n) is 4.44. The number of nitro benzene ring substituents is 1. The Labute approximate surface area is 141 Å². The Morgan fingerprint density at radius 2 is 2.08 bits per heavy atom. The smallest absolute Gasteiger partial charge is 0.292 e. The van der Waals surface area contributed by atoms with Crippen molar-refractivity contribution < 1.29 is 18.1 Å². The lowest BCUT2D eigenvalue weighted by Crippen LogP contribution is -2.28. The summed E-state index contributed by atoms with van der Waals surface area (Å²) in [6.45, 7) is 0. The Morgan fingerprint density at radius 1 is 1.33 bits per heavy atom. The topological polar surface area (TPSA) is 144 Å². The molecule has 4 N–H and O–H groups in total. The molecule has 1 amide bonds. The van der Waals surface area contributed by atoms with Gasteiger partial charge < -0.3 is 0 Å². The maximum atomic E-state index is 11.7. The number of hydrogen-bond acceptors (Lipinski definition) is 7. The molecular formula is C13H12N4O5S2. The van der Waals surface area contributed by atoms with Crippen molar-refractivity contribution in [2.24, 2.45) is 5.14 Å². The molecule has 0 saturated carbocycles. The Balaban J connectivity index is 2.12. The van der Waals surface area contributed by atoms with Crippen molar-refractivity contribution in [2.45, 2.75) is 4.90 Å². The number of anilines is 1. The van der Waals surface area contributed by atoms with Crippen molar-refractivity contribution >= 4 is 44.7 Å². The Morgan fingerprint density at radius 3 is 2.67 bits per heavy atom. The van der Waals surface area contributed by atoms with Crippen LogP contribution >= 0.6 is 11.3 Å². The van der Waals surface area contributed by atoms with Gasteiger partial charge in [-0.2, -0.15) is 0 Å². The predicted molar refractivity (Wildman–Crippen MR) is 89.6 cm³/mol. The van der Waals surface area contributed by atoms with Crippen LogP contribution in [0.1, 0.15) is 4.88 Å². The number of thiophene rings is 1. The summed E-state index contributed by atoms with van der Waals surface area (Å²) < 4.78 is 22.5. The number of primary sulfonamides is 1. The molecule has 0 radical (unpaired) electrons. The highest BCUT2D eigenvalue weighted by molar-refractivity contribution is 7.89. The van der Waals surface area contributed by atoms with Crippen molar-refractivity contribution in [2.75, 3.05) is 5.43 Å². The van der Waals surface area contributed by atoms with E-state index < -0.39 is 31.4 Å². The van der Waals surface area contributed by atoms with Gasteiger partial charge in [-0.1, -0.05) is 6.07 Å². The number of sulfonamides is 1. The molecule has 2 rings (SSSR count). The minimum absolute atomic E-state index is 0.0785. The van der Waals surface area contributed by atoms with Crippen LogP contribution in [0.5, 0.6) is 0 Å². The normalized spacial score (nSPS) is 11.4. The SMILES string of the molecule is NS(=O)(=O)c1ccc(NNC(=O)C=Cc2cccs2)c([N+](=O)[O-])c1.